The summed E-state index contributed by atoms with van der Waals surface area (Å²) in [5, 5.41) is 2.38. The molecular formula is C14H20N2O5S. The Kier molecular flexibility index (Phi) is 5.18. The van der Waals surface area contributed by atoms with E-state index in [1.54, 1.807) is 12.1 Å². The minimum Gasteiger partial charge on any atom is -0.492 e. The molecule has 1 aromatic rings. The Morgan fingerprint density at radius 2 is 1.77 bits per heavy atom. The lowest BCUT2D eigenvalue weighted by Gasteiger charge is -2.23. The molecule has 8 heteroatoms. The molecule has 0 aromatic heterocycles. The highest BCUT2D eigenvalue weighted by Crippen LogP contribution is 2.38. The smallest absolute Gasteiger partial charge is 0.288 e. The summed E-state index contributed by atoms with van der Waals surface area (Å²) in [6, 6.07) is 3.28. The number of hydrogen-bond donors (Lipinski definition) is 2. The summed E-state index contributed by atoms with van der Waals surface area (Å²) in [6.45, 7) is 5.80. The fourth-order valence-corrected chi connectivity index (χ4v) is 2.36. The normalized spacial score (nSPS) is 11.7. The third-order valence-corrected chi connectivity index (χ3v) is 3.41. The standard InChI is InChI=1S/C14H20N2O5S/c1-14(2,3)9-6-10(15-12(18)8-17)13(21-4)11(7-9)16-22(5,19)20/h6-8,16H,1-5H3,(H,15,18). The molecule has 2 N–H and O–H groups in total. The van der Waals surface area contributed by atoms with Gasteiger partial charge in [-0.05, 0) is 23.1 Å². The minimum absolute atomic E-state index is 0.132. The van der Waals surface area contributed by atoms with Crippen molar-refractivity contribution in [3.8, 4) is 5.75 Å². The number of hydrogen-bond acceptors (Lipinski definition) is 5. The van der Waals surface area contributed by atoms with Crippen LogP contribution in [0.25, 0.3) is 0 Å². The SMILES string of the molecule is COc1c(NC(=O)C=O)cc(C(C)(C)C)cc1NS(C)(=O)=O. The first-order valence-corrected chi connectivity index (χ1v) is 8.33. The zero-order valence-corrected chi connectivity index (χ0v) is 14.0. The van der Waals surface area contributed by atoms with Gasteiger partial charge in [0.15, 0.2) is 5.75 Å². The second kappa shape index (κ2) is 6.35. The van der Waals surface area contributed by atoms with Crippen LogP contribution in [0.4, 0.5) is 11.4 Å². The number of sulfonamides is 1. The van der Waals surface area contributed by atoms with Crippen LogP contribution in [0.3, 0.4) is 0 Å². The third-order valence-electron chi connectivity index (χ3n) is 2.82. The van der Waals surface area contributed by atoms with Crippen molar-refractivity contribution in [1.82, 2.24) is 0 Å². The molecule has 0 fully saturated rings. The van der Waals surface area contributed by atoms with Crippen molar-refractivity contribution in [2.75, 3.05) is 23.4 Å². The number of anilines is 2. The number of carbonyl (C=O) groups excluding carboxylic acids is 2. The number of ether oxygens (including phenoxy) is 1. The molecule has 1 rings (SSSR count). The molecule has 0 bridgehead atoms. The molecule has 0 unspecified atom stereocenters. The maximum absolute atomic E-state index is 11.5. The number of aldehydes is 1. The molecule has 1 amide bonds. The van der Waals surface area contributed by atoms with Gasteiger partial charge in [0.1, 0.15) is 0 Å². The lowest BCUT2D eigenvalue weighted by atomic mass is 9.86. The summed E-state index contributed by atoms with van der Waals surface area (Å²) < 4.78 is 30.5. The van der Waals surface area contributed by atoms with E-state index in [0.717, 1.165) is 11.8 Å². The second-order valence-electron chi connectivity index (χ2n) is 5.84. The monoisotopic (exact) mass is 328 g/mol. The van der Waals surface area contributed by atoms with E-state index in [1.165, 1.54) is 7.11 Å². The van der Waals surface area contributed by atoms with Gasteiger partial charge in [0.05, 0.1) is 24.7 Å². The molecule has 0 aliphatic rings. The predicted octanol–water partition coefficient (Wildman–Crippen LogP) is 1.50. The second-order valence-corrected chi connectivity index (χ2v) is 7.58. The zero-order valence-electron chi connectivity index (χ0n) is 13.2. The van der Waals surface area contributed by atoms with E-state index in [0.29, 0.717) is 0 Å². The summed E-state index contributed by atoms with van der Waals surface area (Å²) in [5.74, 6) is -0.719. The van der Waals surface area contributed by atoms with Crippen LogP contribution in [0.2, 0.25) is 0 Å². The minimum atomic E-state index is -3.54. The molecular weight excluding hydrogens is 308 g/mol. The number of amides is 1. The van der Waals surface area contributed by atoms with Crippen molar-refractivity contribution in [2.24, 2.45) is 0 Å². The lowest BCUT2D eigenvalue weighted by Crippen LogP contribution is -2.18. The van der Waals surface area contributed by atoms with Gasteiger partial charge in [-0.15, -0.1) is 0 Å². The van der Waals surface area contributed by atoms with Gasteiger partial charge in [-0.3, -0.25) is 14.3 Å². The van der Waals surface area contributed by atoms with Gasteiger partial charge >= 0.3 is 0 Å². The van der Waals surface area contributed by atoms with Gasteiger partial charge in [-0.2, -0.15) is 0 Å². The molecule has 22 heavy (non-hydrogen) atoms. The Bertz CT molecular complexity index is 690. The van der Waals surface area contributed by atoms with E-state index >= 15 is 0 Å². The van der Waals surface area contributed by atoms with Crippen LogP contribution in [0.1, 0.15) is 26.3 Å². The lowest BCUT2D eigenvalue weighted by molar-refractivity contribution is -0.127. The van der Waals surface area contributed by atoms with Crippen LogP contribution in [-0.2, 0) is 25.0 Å². The first-order chi connectivity index (χ1) is 9.97. The van der Waals surface area contributed by atoms with Crippen LogP contribution in [-0.4, -0.2) is 34.0 Å². The van der Waals surface area contributed by atoms with Crippen LogP contribution >= 0.6 is 0 Å². The number of rotatable bonds is 5. The molecule has 0 aliphatic heterocycles. The number of nitrogens with one attached hydrogen (secondary N) is 2. The largest absolute Gasteiger partial charge is 0.492 e. The summed E-state index contributed by atoms with van der Waals surface area (Å²) in [4.78, 5) is 21.9. The van der Waals surface area contributed by atoms with Gasteiger partial charge in [0, 0.05) is 0 Å². The fraction of sp³-hybridized carbons (Fsp3) is 0.429. The average molecular weight is 328 g/mol. The number of methoxy groups -OCH3 is 1. The van der Waals surface area contributed by atoms with Gasteiger partial charge in [0.2, 0.25) is 16.3 Å². The molecule has 1 aromatic carbocycles. The maximum atomic E-state index is 11.5. The summed E-state index contributed by atoms with van der Waals surface area (Å²) in [7, 11) is -2.19. The molecule has 122 valence electrons. The summed E-state index contributed by atoms with van der Waals surface area (Å²) >= 11 is 0. The van der Waals surface area contributed by atoms with E-state index in [2.05, 4.69) is 10.0 Å². The van der Waals surface area contributed by atoms with Gasteiger partial charge in [0.25, 0.3) is 5.91 Å². The van der Waals surface area contributed by atoms with E-state index in [4.69, 9.17) is 4.74 Å². The Morgan fingerprint density at radius 1 is 1.23 bits per heavy atom. The van der Waals surface area contributed by atoms with Crippen LogP contribution < -0.4 is 14.8 Å². The van der Waals surface area contributed by atoms with E-state index in [1.807, 2.05) is 20.8 Å². The Balaban J connectivity index is 3.55. The molecule has 0 radical (unpaired) electrons. The van der Waals surface area contributed by atoms with E-state index < -0.39 is 15.9 Å². The zero-order chi connectivity index (χ0) is 17.1. The Labute approximate surface area is 130 Å². The summed E-state index contributed by atoms with van der Waals surface area (Å²) in [6.07, 6.45) is 1.15. The highest BCUT2D eigenvalue weighted by Gasteiger charge is 2.21. The number of carbonyl (C=O) groups is 2. The Hall–Kier alpha value is -2.09. The number of benzene rings is 1. The van der Waals surface area contributed by atoms with Crippen molar-refractivity contribution >= 4 is 33.6 Å². The van der Waals surface area contributed by atoms with Gasteiger partial charge in [-0.25, -0.2) is 8.42 Å². The highest BCUT2D eigenvalue weighted by molar-refractivity contribution is 7.92. The van der Waals surface area contributed by atoms with Crippen LogP contribution in [0.5, 0.6) is 5.75 Å². The van der Waals surface area contributed by atoms with Crippen molar-refractivity contribution in [1.29, 1.82) is 0 Å². The maximum Gasteiger partial charge on any atom is 0.288 e. The van der Waals surface area contributed by atoms with Crippen molar-refractivity contribution in [3.05, 3.63) is 17.7 Å². The van der Waals surface area contributed by atoms with Gasteiger partial charge in [-0.1, -0.05) is 20.8 Å². The topological polar surface area (TPSA) is 102 Å². The van der Waals surface area contributed by atoms with Crippen molar-refractivity contribution < 1.29 is 22.7 Å². The van der Waals surface area contributed by atoms with E-state index in [-0.39, 0.29) is 28.8 Å². The van der Waals surface area contributed by atoms with Crippen LogP contribution in [0.15, 0.2) is 12.1 Å². The third kappa shape index (κ3) is 4.73. The molecule has 0 saturated heterocycles. The molecule has 0 aliphatic carbocycles. The highest BCUT2D eigenvalue weighted by atomic mass is 32.2. The first kappa shape index (κ1) is 18.0. The van der Waals surface area contributed by atoms with E-state index in [9.17, 15) is 18.0 Å². The first-order valence-electron chi connectivity index (χ1n) is 6.44. The molecule has 0 spiro atoms. The molecule has 0 heterocycles. The Morgan fingerprint density at radius 3 is 2.18 bits per heavy atom. The molecule has 7 nitrogen and oxygen atoms in total. The van der Waals surface area contributed by atoms with Gasteiger partial charge < -0.3 is 10.1 Å². The van der Waals surface area contributed by atoms with Crippen molar-refractivity contribution in [2.45, 2.75) is 26.2 Å². The molecule has 0 atom stereocenters. The van der Waals surface area contributed by atoms with Crippen molar-refractivity contribution in [3.63, 3.8) is 0 Å². The average Bonchev–Trinajstić information content (AvgIpc) is 2.35. The molecule has 0 saturated carbocycles. The predicted molar refractivity (Wildman–Crippen MR) is 84.9 cm³/mol. The van der Waals surface area contributed by atoms with Crippen LogP contribution in [0, 0.1) is 0 Å². The quantitative estimate of drug-likeness (QED) is 0.630. The summed E-state index contributed by atoms with van der Waals surface area (Å²) in [5.41, 5.74) is 0.873. The fourth-order valence-electron chi connectivity index (χ4n) is 1.81.